The molecule has 0 saturated heterocycles. The van der Waals surface area contributed by atoms with Crippen LogP contribution >= 0.6 is 0 Å². The molecule has 224 valence electrons. The van der Waals surface area contributed by atoms with Crippen LogP contribution in [0.5, 0.6) is 0 Å². The van der Waals surface area contributed by atoms with Crippen molar-refractivity contribution in [2.24, 2.45) is 0 Å². The minimum Gasteiger partial charge on any atom is -1.00 e. The molecule has 8 heteroatoms. The van der Waals surface area contributed by atoms with E-state index in [1.807, 2.05) is 0 Å². The first kappa shape index (κ1) is 35.4. The van der Waals surface area contributed by atoms with Crippen molar-refractivity contribution in [3.63, 3.8) is 0 Å². The maximum absolute atomic E-state index is 2.26. The van der Waals surface area contributed by atoms with Crippen molar-refractivity contribution in [1.29, 1.82) is 0 Å². The van der Waals surface area contributed by atoms with E-state index >= 15 is 0 Å². The zero-order valence-electron chi connectivity index (χ0n) is 24.0. The van der Waals surface area contributed by atoms with Gasteiger partial charge in [0.1, 0.15) is 0 Å². The number of benzene rings is 2. The van der Waals surface area contributed by atoms with Crippen molar-refractivity contribution in [3.8, 4) is 22.3 Å². The fraction of sp³-hybridized carbons (Fsp3) is 0.111. The van der Waals surface area contributed by atoms with Gasteiger partial charge in [-0.25, -0.2) is 18.3 Å². The smallest absolute Gasteiger partial charge is 0.174 e. The minimum absolute atomic E-state index is 0. The average molecular weight is 840 g/mol. The molecule has 0 fully saturated rings. The predicted octanol–water partition coefficient (Wildman–Crippen LogP) is -7.31. The molecular formula is C36H32Br4N4. The number of aromatic nitrogens is 4. The Morgan fingerprint density at radius 2 is 0.455 bits per heavy atom. The van der Waals surface area contributed by atoms with Gasteiger partial charge in [0.25, 0.3) is 0 Å². The molecule has 0 saturated carbocycles. The summed E-state index contributed by atoms with van der Waals surface area (Å²) < 4.78 is 9.04. The molecule has 13 rings (SSSR count). The molecule has 0 atom stereocenters. The van der Waals surface area contributed by atoms with Gasteiger partial charge in [-0.05, 0) is 22.3 Å². The predicted molar refractivity (Wildman–Crippen MR) is 154 cm³/mol. The van der Waals surface area contributed by atoms with Crippen molar-refractivity contribution in [3.05, 3.63) is 169 Å². The Morgan fingerprint density at radius 3 is 0.636 bits per heavy atom. The van der Waals surface area contributed by atoms with Crippen LogP contribution in [0.3, 0.4) is 0 Å². The van der Waals surface area contributed by atoms with Crippen molar-refractivity contribution < 1.29 is 86.2 Å². The average Bonchev–Trinajstić information content (AvgIpc) is 3.00. The van der Waals surface area contributed by atoms with Gasteiger partial charge >= 0.3 is 0 Å². The van der Waals surface area contributed by atoms with Gasteiger partial charge in [-0.2, -0.15) is 0 Å². The van der Waals surface area contributed by atoms with Crippen molar-refractivity contribution in [1.82, 2.24) is 0 Å². The molecule has 0 aliphatic carbocycles. The summed E-state index contributed by atoms with van der Waals surface area (Å²) in [7, 11) is 0. The highest BCUT2D eigenvalue weighted by Gasteiger charge is 2.15. The summed E-state index contributed by atoms with van der Waals surface area (Å²) in [5.41, 5.74) is 10.2. The normalized spacial score (nSPS) is 11.5. The zero-order valence-corrected chi connectivity index (χ0v) is 30.3. The molecule has 0 spiro atoms. The van der Waals surface area contributed by atoms with Crippen molar-refractivity contribution in [2.75, 3.05) is 0 Å². The standard InChI is InChI=1S/C36H32N4.4BrH/c1-2-6-34-26-38-19-11-30(12-20-38)32-15-23-40(24-16-32)28-36-8-4-3-7-35(36)27-39-21-13-31(14-22-39)29-9-17-37(18-10-29)25-33(34)5-1;;;;/h1-24H,25-28H2;4*1H/q+4;;;;/p-4. The van der Waals surface area contributed by atoms with E-state index in [4.69, 9.17) is 0 Å². The highest BCUT2D eigenvalue weighted by atomic mass is 79.9. The van der Waals surface area contributed by atoms with E-state index in [9.17, 15) is 0 Å². The third-order valence-electron chi connectivity index (χ3n) is 7.88. The quantitative estimate of drug-likeness (QED) is 0.135. The van der Waals surface area contributed by atoms with Gasteiger partial charge in [0.2, 0.25) is 0 Å². The van der Waals surface area contributed by atoms with Gasteiger partial charge in [-0.3, -0.25) is 0 Å². The Bertz CT molecular complexity index is 1510. The Kier molecular flexibility index (Phi) is 13.1. The monoisotopic (exact) mass is 836 g/mol. The van der Waals surface area contributed by atoms with Gasteiger partial charge in [0, 0.05) is 70.8 Å². The van der Waals surface area contributed by atoms with E-state index in [0.29, 0.717) is 0 Å². The van der Waals surface area contributed by atoms with E-state index in [-0.39, 0.29) is 67.9 Å². The van der Waals surface area contributed by atoms with E-state index in [2.05, 4.69) is 165 Å². The van der Waals surface area contributed by atoms with Crippen LogP contribution in [-0.4, -0.2) is 0 Å². The maximum Gasteiger partial charge on any atom is 0.174 e. The van der Waals surface area contributed by atoms with Gasteiger partial charge in [-0.15, -0.1) is 0 Å². The van der Waals surface area contributed by atoms with Crippen LogP contribution in [-0.2, 0) is 26.2 Å². The number of rotatable bonds is 0. The molecule has 0 unspecified atom stereocenters. The molecule has 7 aliphatic heterocycles. The van der Waals surface area contributed by atoms with Gasteiger partial charge in [-0.1, -0.05) is 48.5 Å². The Balaban J connectivity index is 0.00000132. The van der Waals surface area contributed by atoms with Crippen LogP contribution in [0.2, 0.25) is 0 Å². The lowest BCUT2D eigenvalue weighted by Gasteiger charge is -2.07. The molecule has 11 heterocycles. The SMILES string of the molecule is [Br-].[Br-].[Br-].[Br-].c1ccc2c(c1)C[n+]1ccc(cc1)-c1cc[n+](cc1)Cc1ccccc1C[n+]1ccc(cc1)-c1cc[n+](cc1)C2. The Labute approximate surface area is 301 Å². The number of hydrogen-bond acceptors (Lipinski definition) is 0. The van der Waals surface area contributed by atoms with E-state index < -0.39 is 0 Å². The topological polar surface area (TPSA) is 15.5 Å². The number of hydrogen-bond donors (Lipinski definition) is 0. The lowest BCUT2D eigenvalue weighted by Crippen LogP contribution is -3.00. The number of halogens is 4. The molecule has 4 aromatic heterocycles. The summed E-state index contributed by atoms with van der Waals surface area (Å²) >= 11 is 0. The fourth-order valence-corrected chi connectivity index (χ4v) is 5.54. The Morgan fingerprint density at radius 1 is 0.273 bits per heavy atom. The summed E-state index contributed by atoms with van der Waals surface area (Å²) in [5.74, 6) is 0. The second kappa shape index (κ2) is 16.3. The first-order valence-corrected chi connectivity index (χ1v) is 13.9. The highest BCUT2D eigenvalue weighted by molar-refractivity contribution is 5.61. The molecule has 2 aromatic carbocycles. The van der Waals surface area contributed by atoms with Crippen LogP contribution < -0.4 is 86.2 Å². The summed E-state index contributed by atoms with van der Waals surface area (Å²) in [4.78, 5) is 0. The molecule has 8 bridgehead atoms. The van der Waals surface area contributed by atoms with E-state index in [1.54, 1.807) is 0 Å². The number of nitrogens with zero attached hydrogens (tertiary/aromatic N) is 4. The lowest BCUT2D eigenvalue weighted by atomic mass is 10.1. The first-order valence-electron chi connectivity index (χ1n) is 13.9. The second-order valence-corrected chi connectivity index (χ2v) is 10.6. The molecule has 0 amide bonds. The molecule has 7 aliphatic rings. The van der Waals surface area contributed by atoms with Gasteiger partial charge < -0.3 is 67.9 Å². The highest BCUT2D eigenvalue weighted by Crippen LogP contribution is 2.18. The molecule has 0 radical (unpaired) electrons. The van der Waals surface area contributed by atoms with Crippen LogP contribution in [0.4, 0.5) is 0 Å². The molecular weight excluding hydrogens is 808 g/mol. The fourth-order valence-electron chi connectivity index (χ4n) is 5.54. The maximum atomic E-state index is 2.26. The van der Waals surface area contributed by atoms with Crippen molar-refractivity contribution >= 4 is 0 Å². The largest absolute Gasteiger partial charge is 1.00 e. The molecule has 4 nitrogen and oxygen atoms in total. The summed E-state index contributed by atoms with van der Waals surface area (Å²) in [6, 6.07) is 35.2. The van der Waals surface area contributed by atoms with E-state index in [0.717, 1.165) is 26.2 Å². The van der Waals surface area contributed by atoms with Crippen molar-refractivity contribution in [2.45, 2.75) is 26.2 Å². The first-order chi connectivity index (χ1) is 19.8. The molecule has 6 aromatic rings. The zero-order chi connectivity index (χ0) is 26.7. The molecule has 44 heavy (non-hydrogen) atoms. The summed E-state index contributed by atoms with van der Waals surface area (Å²) in [6.45, 7) is 3.36. The van der Waals surface area contributed by atoms with Crippen LogP contribution in [0.15, 0.2) is 147 Å². The van der Waals surface area contributed by atoms with Gasteiger partial charge in [0.05, 0.1) is 0 Å². The third-order valence-corrected chi connectivity index (χ3v) is 7.88. The van der Waals surface area contributed by atoms with Crippen LogP contribution in [0.25, 0.3) is 22.3 Å². The van der Waals surface area contributed by atoms with Crippen LogP contribution in [0.1, 0.15) is 22.3 Å². The Hall–Kier alpha value is -3.04. The lowest BCUT2D eigenvalue weighted by molar-refractivity contribution is -0.693. The summed E-state index contributed by atoms with van der Waals surface area (Å²) in [6.07, 6.45) is 17.5. The third kappa shape index (κ3) is 8.16. The van der Waals surface area contributed by atoms with Crippen LogP contribution in [0, 0.1) is 0 Å². The van der Waals surface area contributed by atoms with Gasteiger partial charge in [0.15, 0.2) is 75.8 Å². The molecule has 0 N–H and O–H groups in total. The minimum atomic E-state index is 0. The summed E-state index contributed by atoms with van der Waals surface area (Å²) in [5, 5.41) is 0. The second-order valence-electron chi connectivity index (χ2n) is 10.6. The van der Waals surface area contributed by atoms with E-state index in [1.165, 1.54) is 44.5 Å². The number of pyridine rings is 4.